The Bertz CT molecular complexity index is 1300. The van der Waals surface area contributed by atoms with Gasteiger partial charge in [0.25, 0.3) is 0 Å². The van der Waals surface area contributed by atoms with Crippen LogP contribution in [0.3, 0.4) is 0 Å². The zero-order valence-electron chi connectivity index (χ0n) is 17.2. The van der Waals surface area contributed by atoms with E-state index in [1.165, 1.54) is 6.20 Å². The van der Waals surface area contributed by atoms with Crippen molar-refractivity contribution in [3.05, 3.63) is 46.3 Å². The average molecular weight is 440 g/mol. The number of carboxylic acid groups (broad SMARTS) is 1. The van der Waals surface area contributed by atoms with Crippen LogP contribution >= 0.6 is 0 Å². The van der Waals surface area contributed by atoms with Gasteiger partial charge in [-0.1, -0.05) is 0 Å². The van der Waals surface area contributed by atoms with Gasteiger partial charge in [0.1, 0.15) is 17.9 Å². The number of nitrogens with one attached hydrogen (secondary N) is 1. The number of halogens is 1. The Morgan fingerprint density at radius 1 is 1.38 bits per heavy atom. The summed E-state index contributed by atoms with van der Waals surface area (Å²) in [7, 11) is 0. The first-order valence-electron chi connectivity index (χ1n) is 10.2. The van der Waals surface area contributed by atoms with Crippen LogP contribution in [0.15, 0.2) is 29.5 Å². The molecule has 2 aliphatic heterocycles. The SMILES string of the molecule is C[C@H]1COc2c(N3CC[C@H](Nc4ncccn4)C3)c(F)c(N)c3c(=O)c(C(=O)O)cn1c23. The topological polar surface area (TPSA) is 136 Å². The van der Waals surface area contributed by atoms with Crippen LogP contribution in [0.4, 0.5) is 21.7 Å². The molecule has 166 valence electrons. The van der Waals surface area contributed by atoms with Crippen LogP contribution in [0.25, 0.3) is 10.9 Å². The van der Waals surface area contributed by atoms with Gasteiger partial charge in [-0.15, -0.1) is 0 Å². The van der Waals surface area contributed by atoms with Gasteiger partial charge in [0.15, 0.2) is 11.6 Å². The highest BCUT2D eigenvalue weighted by molar-refractivity contribution is 6.03. The molecule has 3 aromatic rings. The van der Waals surface area contributed by atoms with Gasteiger partial charge < -0.3 is 30.4 Å². The summed E-state index contributed by atoms with van der Waals surface area (Å²) >= 11 is 0. The number of carbonyl (C=O) groups is 1. The predicted molar refractivity (Wildman–Crippen MR) is 116 cm³/mol. The number of rotatable bonds is 4. The monoisotopic (exact) mass is 440 g/mol. The maximum absolute atomic E-state index is 15.6. The third kappa shape index (κ3) is 3.00. The van der Waals surface area contributed by atoms with Crippen LogP contribution in [0.2, 0.25) is 0 Å². The van der Waals surface area contributed by atoms with Gasteiger partial charge in [0, 0.05) is 37.7 Å². The van der Waals surface area contributed by atoms with Crippen molar-refractivity contribution in [1.82, 2.24) is 14.5 Å². The van der Waals surface area contributed by atoms with Crippen LogP contribution in [0, 0.1) is 5.82 Å². The van der Waals surface area contributed by atoms with Crippen LogP contribution < -0.4 is 26.1 Å². The van der Waals surface area contributed by atoms with Gasteiger partial charge in [-0.3, -0.25) is 4.79 Å². The predicted octanol–water partition coefficient (Wildman–Crippen LogP) is 1.86. The smallest absolute Gasteiger partial charge is 0.341 e. The minimum Gasteiger partial charge on any atom is -0.487 e. The van der Waals surface area contributed by atoms with E-state index in [9.17, 15) is 14.7 Å². The number of benzene rings is 1. The van der Waals surface area contributed by atoms with Crippen molar-refractivity contribution >= 4 is 34.2 Å². The van der Waals surface area contributed by atoms with Crippen molar-refractivity contribution < 1.29 is 19.0 Å². The molecule has 0 bridgehead atoms. The summed E-state index contributed by atoms with van der Waals surface area (Å²) in [6.07, 6.45) is 5.26. The Labute approximate surface area is 181 Å². The molecule has 4 heterocycles. The van der Waals surface area contributed by atoms with E-state index in [0.717, 1.165) is 0 Å². The minimum atomic E-state index is -1.39. The molecule has 2 aliphatic rings. The summed E-state index contributed by atoms with van der Waals surface area (Å²) < 4.78 is 23.1. The Morgan fingerprint density at radius 3 is 2.84 bits per heavy atom. The first-order valence-corrected chi connectivity index (χ1v) is 10.2. The fraction of sp³-hybridized carbons (Fsp3) is 0.333. The molecule has 1 fully saturated rings. The van der Waals surface area contributed by atoms with Crippen LogP contribution in [-0.2, 0) is 0 Å². The average Bonchev–Trinajstić information content (AvgIpc) is 3.22. The molecule has 11 heteroatoms. The lowest BCUT2D eigenvalue weighted by Crippen LogP contribution is -2.31. The maximum Gasteiger partial charge on any atom is 0.341 e. The van der Waals surface area contributed by atoms with Gasteiger partial charge in [-0.25, -0.2) is 19.2 Å². The van der Waals surface area contributed by atoms with E-state index < -0.39 is 22.8 Å². The highest BCUT2D eigenvalue weighted by atomic mass is 19.1. The number of ether oxygens (including phenoxy) is 1. The van der Waals surface area contributed by atoms with Gasteiger partial charge in [0.05, 0.1) is 22.6 Å². The number of aromatic nitrogens is 3. The minimum absolute atomic E-state index is 0.0278. The molecule has 32 heavy (non-hydrogen) atoms. The summed E-state index contributed by atoms with van der Waals surface area (Å²) in [6.45, 7) is 3.00. The molecular weight excluding hydrogens is 419 g/mol. The zero-order valence-corrected chi connectivity index (χ0v) is 17.2. The summed E-state index contributed by atoms with van der Waals surface area (Å²) in [4.78, 5) is 34.6. The maximum atomic E-state index is 15.6. The second kappa shape index (κ2) is 7.36. The summed E-state index contributed by atoms with van der Waals surface area (Å²) in [6, 6.07) is 1.43. The van der Waals surface area contributed by atoms with Crippen molar-refractivity contribution in [3.63, 3.8) is 0 Å². The van der Waals surface area contributed by atoms with E-state index >= 15 is 4.39 Å². The lowest BCUT2D eigenvalue weighted by molar-refractivity contribution is 0.0694. The molecule has 0 aliphatic carbocycles. The molecule has 0 amide bonds. The molecule has 1 aromatic carbocycles. The molecular formula is C21H21FN6O4. The molecule has 5 rings (SSSR count). The molecule has 10 nitrogen and oxygen atoms in total. The van der Waals surface area contributed by atoms with Crippen molar-refractivity contribution in [2.45, 2.75) is 25.4 Å². The zero-order chi connectivity index (χ0) is 22.6. The lowest BCUT2D eigenvalue weighted by atomic mass is 10.0. The third-order valence-corrected chi connectivity index (χ3v) is 5.96. The van der Waals surface area contributed by atoms with E-state index in [0.29, 0.717) is 31.0 Å². The Hall–Kier alpha value is -3.89. The molecule has 0 unspecified atom stereocenters. The number of nitrogens with two attached hydrogens (primary N) is 1. The molecule has 1 saturated heterocycles. The van der Waals surface area contributed by atoms with Gasteiger partial charge >= 0.3 is 5.97 Å². The normalized spacial score (nSPS) is 19.8. The van der Waals surface area contributed by atoms with Gasteiger partial charge in [-0.05, 0) is 19.4 Å². The number of nitrogens with zero attached hydrogens (tertiary/aromatic N) is 4. The van der Waals surface area contributed by atoms with Crippen molar-refractivity contribution in [2.75, 3.05) is 35.6 Å². The number of hydrogen-bond donors (Lipinski definition) is 3. The number of hydrogen-bond acceptors (Lipinski definition) is 8. The molecule has 4 N–H and O–H groups in total. The van der Waals surface area contributed by atoms with Crippen molar-refractivity contribution in [3.8, 4) is 5.75 Å². The molecule has 2 aromatic heterocycles. The van der Waals surface area contributed by atoms with Gasteiger partial charge in [-0.2, -0.15) is 0 Å². The Morgan fingerprint density at radius 2 is 2.12 bits per heavy atom. The summed E-state index contributed by atoms with van der Waals surface area (Å²) in [5.41, 5.74) is 4.92. The highest BCUT2D eigenvalue weighted by Gasteiger charge is 2.35. The van der Waals surface area contributed by atoms with Gasteiger partial charge in [0.2, 0.25) is 11.4 Å². The van der Waals surface area contributed by atoms with Crippen molar-refractivity contribution in [1.29, 1.82) is 0 Å². The molecule has 2 atom stereocenters. The number of aromatic carboxylic acids is 1. The second-order valence-corrected chi connectivity index (χ2v) is 8.02. The number of pyridine rings is 1. The third-order valence-electron chi connectivity index (χ3n) is 5.96. The fourth-order valence-corrected chi connectivity index (χ4v) is 4.40. The first-order chi connectivity index (χ1) is 15.4. The van der Waals surface area contributed by atoms with E-state index in [1.807, 2.05) is 11.8 Å². The number of carboxylic acids is 1. The largest absolute Gasteiger partial charge is 0.487 e. The van der Waals surface area contributed by atoms with E-state index in [2.05, 4.69) is 15.3 Å². The van der Waals surface area contributed by atoms with Crippen molar-refractivity contribution in [2.24, 2.45) is 0 Å². The fourth-order valence-electron chi connectivity index (χ4n) is 4.40. The van der Waals surface area contributed by atoms with E-state index in [-0.39, 0.29) is 41.2 Å². The van der Waals surface area contributed by atoms with Crippen LogP contribution in [-0.4, -0.2) is 51.3 Å². The summed E-state index contributed by atoms with van der Waals surface area (Å²) in [5.74, 6) is -1.49. The Kier molecular flexibility index (Phi) is 4.61. The molecule has 0 radical (unpaired) electrons. The molecule has 0 saturated carbocycles. The lowest BCUT2D eigenvalue weighted by Gasteiger charge is -2.31. The van der Waals surface area contributed by atoms with E-state index in [4.69, 9.17) is 10.5 Å². The number of nitrogen functional groups attached to an aromatic ring is 1. The summed E-state index contributed by atoms with van der Waals surface area (Å²) in [5, 5.41) is 12.5. The van der Waals surface area contributed by atoms with E-state index in [1.54, 1.807) is 23.0 Å². The van der Waals surface area contributed by atoms with Crippen LogP contribution in [0.5, 0.6) is 5.75 Å². The first kappa shape index (κ1) is 20.0. The quantitative estimate of drug-likeness (QED) is 0.519. The second-order valence-electron chi connectivity index (χ2n) is 8.02. The highest BCUT2D eigenvalue weighted by Crippen LogP contribution is 2.45. The molecule has 0 spiro atoms. The van der Waals surface area contributed by atoms with Crippen LogP contribution in [0.1, 0.15) is 29.7 Å². The Balaban J connectivity index is 1.63. The standard InChI is InChI=1S/C21H21FN6O4/c1-10-9-32-19-16-13(18(29)12(20(30)31)8-28(10)16)15(23)14(22)17(19)27-6-3-11(7-27)26-21-24-4-2-5-25-21/h2,4-5,8,10-11H,3,6-7,9,23H2,1H3,(H,30,31)(H,24,25,26)/t10-,11-/m0/s1. The number of anilines is 3.